The zero-order valence-electron chi connectivity index (χ0n) is 16.6. The van der Waals surface area contributed by atoms with Crippen LogP contribution >= 0.6 is 0 Å². The molecule has 3 rings (SSSR count). The van der Waals surface area contributed by atoms with E-state index in [1.807, 2.05) is 62.4 Å². The molecule has 0 aliphatic heterocycles. The Morgan fingerprint density at radius 2 is 1.86 bits per heavy atom. The predicted molar refractivity (Wildman–Crippen MR) is 114 cm³/mol. The molecule has 1 N–H and O–H groups in total. The van der Waals surface area contributed by atoms with Crippen LogP contribution in [0.3, 0.4) is 0 Å². The van der Waals surface area contributed by atoms with E-state index in [-0.39, 0.29) is 5.75 Å². The summed E-state index contributed by atoms with van der Waals surface area (Å²) in [7, 11) is -3.67. The van der Waals surface area contributed by atoms with Crippen LogP contribution in [0.5, 0.6) is 0 Å². The number of benzene rings is 2. The van der Waals surface area contributed by atoms with Crippen LogP contribution in [0.1, 0.15) is 29.4 Å². The van der Waals surface area contributed by atoms with Gasteiger partial charge in [-0.2, -0.15) is 0 Å². The van der Waals surface area contributed by atoms with Crippen LogP contribution in [0.2, 0.25) is 0 Å². The van der Waals surface area contributed by atoms with E-state index in [1.54, 1.807) is 17.0 Å². The minimum atomic E-state index is -3.67. The summed E-state index contributed by atoms with van der Waals surface area (Å²) in [5.74, 6) is -0.973. The Balaban J connectivity index is 1.68. The highest BCUT2D eigenvalue weighted by molar-refractivity contribution is 7.91. The van der Waals surface area contributed by atoms with Gasteiger partial charge in [-0.3, -0.25) is 4.79 Å². The molecule has 7 heteroatoms. The van der Waals surface area contributed by atoms with E-state index in [1.165, 1.54) is 0 Å². The van der Waals surface area contributed by atoms with Crippen molar-refractivity contribution in [2.24, 2.45) is 0 Å². The maximum absolute atomic E-state index is 12.6. The smallest absolute Gasteiger partial charge is 0.239 e. The molecular weight excluding hydrogens is 386 g/mol. The van der Waals surface area contributed by atoms with Gasteiger partial charge in [-0.25, -0.2) is 13.4 Å². The molecule has 2 aromatic carbocycles. The zero-order chi connectivity index (χ0) is 20.9. The van der Waals surface area contributed by atoms with Crippen LogP contribution in [0.4, 0.5) is 5.69 Å². The number of aromatic nitrogens is 2. The highest BCUT2D eigenvalue weighted by Crippen LogP contribution is 2.21. The molecule has 1 amide bonds. The van der Waals surface area contributed by atoms with E-state index in [9.17, 15) is 13.2 Å². The van der Waals surface area contributed by atoms with E-state index < -0.39 is 21.5 Å². The molecule has 3 aromatic rings. The molecule has 0 saturated heterocycles. The van der Waals surface area contributed by atoms with Crippen molar-refractivity contribution in [3.05, 3.63) is 83.4 Å². The summed E-state index contributed by atoms with van der Waals surface area (Å²) < 4.78 is 27.0. The highest BCUT2D eigenvalue weighted by Gasteiger charge is 2.21. The van der Waals surface area contributed by atoms with Crippen molar-refractivity contribution < 1.29 is 13.2 Å². The number of hydrogen-bond acceptors (Lipinski definition) is 4. The van der Waals surface area contributed by atoms with E-state index in [2.05, 4.69) is 10.3 Å². The molecular formula is C22H25N3O3S. The first-order valence-electron chi connectivity index (χ1n) is 9.50. The van der Waals surface area contributed by atoms with Crippen molar-refractivity contribution in [1.29, 1.82) is 0 Å². The largest absolute Gasteiger partial charge is 0.330 e. The maximum Gasteiger partial charge on any atom is 0.239 e. The number of sulfone groups is 1. The van der Waals surface area contributed by atoms with E-state index in [0.717, 1.165) is 23.1 Å². The number of carbonyl (C=O) groups is 1. The third kappa shape index (κ3) is 5.54. The molecule has 0 aliphatic rings. The number of para-hydroxylation sites is 1. The number of aryl methyl sites for hydroxylation is 2. The van der Waals surface area contributed by atoms with Crippen LogP contribution in [0.25, 0.3) is 0 Å². The third-order valence-corrected chi connectivity index (χ3v) is 6.10. The first-order valence-corrected chi connectivity index (χ1v) is 11.3. The van der Waals surface area contributed by atoms with Crippen molar-refractivity contribution in [3.8, 4) is 0 Å². The van der Waals surface area contributed by atoms with E-state index in [4.69, 9.17) is 0 Å². The maximum atomic E-state index is 12.6. The fraction of sp³-hybridized carbons (Fsp3) is 0.273. The first-order chi connectivity index (χ1) is 13.9. The van der Waals surface area contributed by atoms with Gasteiger partial charge in [0.25, 0.3) is 0 Å². The SMILES string of the molecule is CCc1cccc(C)c1NC(=O)CS(=O)(=O)Cc1nccn1Cc1ccccc1. The molecule has 0 aliphatic carbocycles. The predicted octanol–water partition coefficient (Wildman–Crippen LogP) is 3.36. The summed E-state index contributed by atoms with van der Waals surface area (Å²) in [6, 6.07) is 15.5. The van der Waals surface area contributed by atoms with Crippen molar-refractivity contribution in [2.45, 2.75) is 32.6 Å². The number of nitrogens with one attached hydrogen (secondary N) is 1. The average molecular weight is 412 g/mol. The summed E-state index contributed by atoms with van der Waals surface area (Å²) in [5, 5.41) is 2.77. The topological polar surface area (TPSA) is 81.1 Å². The Bertz CT molecular complexity index is 1090. The minimum absolute atomic E-state index is 0.283. The first kappa shape index (κ1) is 20.8. The number of anilines is 1. The number of imidazole rings is 1. The fourth-order valence-electron chi connectivity index (χ4n) is 3.23. The van der Waals surface area contributed by atoms with Crippen LogP contribution < -0.4 is 5.32 Å². The van der Waals surface area contributed by atoms with Crippen LogP contribution in [0.15, 0.2) is 60.9 Å². The summed E-state index contributed by atoms with van der Waals surface area (Å²) in [6.45, 7) is 4.42. The molecule has 0 atom stereocenters. The molecule has 0 fully saturated rings. The van der Waals surface area contributed by atoms with Crippen LogP contribution in [0, 0.1) is 6.92 Å². The Labute approximate surface area is 171 Å². The van der Waals surface area contributed by atoms with Gasteiger partial charge < -0.3 is 9.88 Å². The van der Waals surface area contributed by atoms with Gasteiger partial charge in [-0.1, -0.05) is 55.5 Å². The molecule has 152 valence electrons. The lowest BCUT2D eigenvalue weighted by molar-refractivity contribution is -0.113. The summed E-state index contributed by atoms with van der Waals surface area (Å²) in [4.78, 5) is 16.6. The molecule has 0 saturated carbocycles. The lowest BCUT2D eigenvalue weighted by atomic mass is 10.1. The van der Waals surface area contributed by atoms with Crippen molar-refractivity contribution in [1.82, 2.24) is 9.55 Å². The summed E-state index contributed by atoms with van der Waals surface area (Å²) in [6.07, 6.45) is 4.08. The minimum Gasteiger partial charge on any atom is -0.330 e. The van der Waals surface area contributed by atoms with Crippen LogP contribution in [-0.2, 0) is 33.4 Å². The average Bonchev–Trinajstić information content (AvgIpc) is 3.09. The molecule has 6 nitrogen and oxygen atoms in total. The lowest BCUT2D eigenvalue weighted by Crippen LogP contribution is -2.25. The number of amides is 1. The molecule has 1 heterocycles. The Morgan fingerprint density at radius 3 is 2.59 bits per heavy atom. The number of carbonyl (C=O) groups excluding carboxylic acids is 1. The molecule has 0 spiro atoms. The molecule has 0 bridgehead atoms. The quantitative estimate of drug-likeness (QED) is 0.616. The van der Waals surface area contributed by atoms with E-state index in [0.29, 0.717) is 18.1 Å². The Morgan fingerprint density at radius 1 is 1.10 bits per heavy atom. The van der Waals surface area contributed by atoms with Gasteiger partial charge in [-0.05, 0) is 30.0 Å². The number of rotatable bonds is 8. The van der Waals surface area contributed by atoms with Crippen LogP contribution in [-0.4, -0.2) is 29.6 Å². The molecule has 29 heavy (non-hydrogen) atoms. The molecule has 0 unspecified atom stereocenters. The van der Waals surface area contributed by atoms with E-state index >= 15 is 0 Å². The second-order valence-electron chi connectivity index (χ2n) is 7.00. The van der Waals surface area contributed by atoms with Gasteiger partial charge in [0.1, 0.15) is 17.3 Å². The summed E-state index contributed by atoms with van der Waals surface area (Å²) >= 11 is 0. The van der Waals surface area contributed by atoms with Gasteiger partial charge in [0.05, 0.1) is 0 Å². The van der Waals surface area contributed by atoms with Crippen molar-refractivity contribution >= 4 is 21.4 Å². The number of nitrogens with zero attached hydrogens (tertiary/aromatic N) is 2. The van der Waals surface area contributed by atoms with Gasteiger partial charge in [-0.15, -0.1) is 0 Å². The fourth-order valence-corrected chi connectivity index (χ4v) is 4.44. The third-order valence-electron chi connectivity index (χ3n) is 4.70. The van der Waals surface area contributed by atoms with Gasteiger partial charge in [0.2, 0.25) is 5.91 Å². The standard InChI is InChI=1S/C22H25N3O3S/c1-3-19-11-7-8-17(2)22(19)24-21(26)16-29(27,28)15-20-23-12-13-25(20)14-18-9-5-4-6-10-18/h4-13H,3,14-16H2,1-2H3,(H,24,26). The lowest BCUT2D eigenvalue weighted by Gasteiger charge is -2.13. The highest BCUT2D eigenvalue weighted by atomic mass is 32.2. The number of hydrogen-bond donors (Lipinski definition) is 1. The van der Waals surface area contributed by atoms with Crippen molar-refractivity contribution in [2.75, 3.05) is 11.1 Å². The Hall–Kier alpha value is -2.93. The Kier molecular flexibility index (Phi) is 6.49. The monoisotopic (exact) mass is 411 g/mol. The second kappa shape index (κ2) is 9.05. The second-order valence-corrected chi connectivity index (χ2v) is 9.06. The molecule has 1 aromatic heterocycles. The molecule has 0 radical (unpaired) electrons. The van der Waals surface area contributed by atoms with Gasteiger partial charge in [0.15, 0.2) is 9.84 Å². The van der Waals surface area contributed by atoms with Crippen molar-refractivity contribution in [3.63, 3.8) is 0 Å². The summed E-state index contributed by atoms with van der Waals surface area (Å²) in [5.41, 5.74) is 3.64. The zero-order valence-corrected chi connectivity index (χ0v) is 17.4. The normalized spacial score (nSPS) is 11.4. The van der Waals surface area contributed by atoms with Gasteiger partial charge in [0, 0.05) is 24.6 Å². The van der Waals surface area contributed by atoms with Gasteiger partial charge >= 0.3 is 0 Å².